The molecule has 0 fully saturated rings. The number of tetrazole rings is 1. The van der Waals surface area contributed by atoms with E-state index in [9.17, 15) is 12.8 Å². The van der Waals surface area contributed by atoms with Crippen LogP contribution < -0.4 is 5.73 Å². The molecule has 0 bridgehead atoms. The van der Waals surface area contributed by atoms with Crippen LogP contribution in [0.5, 0.6) is 0 Å². The van der Waals surface area contributed by atoms with Crippen molar-refractivity contribution < 1.29 is 12.8 Å². The summed E-state index contributed by atoms with van der Waals surface area (Å²) >= 11 is 0. The molecule has 1 unspecified atom stereocenters. The summed E-state index contributed by atoms with van der Waals surface area (Å²) in [6, 6.07) is 3.66. The van der Waals surface area contributed by atoms with E-state index >= 15 is 0 Å². The average molecular weight is 299 g/mol. The third kappa shape index (κ3) is 3.10. The van der Waals surface area contributed by atoms with Crippen LogP contribution in [-0.2, 0) is 9.84 Å². The molecule has 7 nitrogen and oxygen atoms in total. The third-order valence-electron chi connectivity index (χ3n) is 2.71. The van der Waals surface area contributed by atoms with Gasteiger partial charge >= 0.3 is 0 Å². The predicted molar refractivity (Wildman–Crippen MR) is 72.0 cm³/mol. The highest BCUT2D eigenvalue weighted by atomic mass is 32.2. The Morgan fingerprint density at radius 2 is 2.15 bits per heavy atom. The first-order valence-electron chi connectivity index (χ1n) is 5.79. The maximum atomic E-state index is 13.2. The summed E-state index contributed by atoms with van der Waals surface area (Å²) in [5, 5.41) is 11.2. The summed E-state index contributed by atoms with van der Waals surface area (Å²) in [5.41, 5.74) is 6.01. The molecule has 0 saturated heterocycles. The number of hydrogen-bond donors (Lipinski definition) is 1. The van der Waals surface area contributed by atoms with Gasteiger partial charge in [0.05, 0.1) is 17.5 Å². The summed E-state index contributed by atoms with van der Waals surface area (Å²) in [4.78, 5) is 0. The van der Waals surface area contributed by atoms with Crippen molar-refractivity contribution >= 4 is 15.5 Å². The van der Waals surface area contributed by atoms with Crippen molar-refractivity contribution in [1.82, 2.24) is 20.2 Å². The molecule has 1 atom stereocenters. The Bertz CT molecular complexity index is 728. The lowest BCUT2D eigenvalue weighted by atomic mass is 10.2. The second-order valence-corrected chi connectivity index (χ2v) is 6.81. The van der Waals surface area contributed by atoms with Crippen molar-refractivity contribution in [3.8, 4) is 11.4 Å². The zero-order valence-corrected chi connectivity index (χ0v) is 11.8. The van der Waals surface area contributed by atoms with Crippen LogP contribution in [0.15, 0.2) is 18.2 Å². The Balaban J connectivity index is 2.39. The van der Waals surface area contributed by atoms with Gasteiger partial charge in [-0.25, -0.2) is 17.5 Å². The van der Waals surface area contributed by atoms with E-state index in [0.29, 0.717) is 11.4 Å². The van der Waals surface area contributed by atoms with Crippen LogP contribution in [0.3, 0.4) is 0 Å². The molecular weight excluding hydrogens is 285 g/mol. The molecule has 2 rings (SSSR count). The van der Waals surface area contributed by atoms with Crippen LogP contribution in [-0.4, -0.2) is 40.6 Å². The molecule has 1 aromatic carbocycles. The van der Waals surface area contributed by atoms with E-state index in [4.69, 9.17) is 5.73 Å². The minimum Gasteiger partial charge on any atom is -0.396 e. The van der Waals surface area contributed by atoms with E-state index in [-0.39, 0.29) is 11.4 Å². The molecule has 0 radical (unpaired) electrons. The molecule has 0 spiro atoms. The van der Waals surface area contributed by atoms with Gasteiger partial charge in [0.1, 0.15) is 15.7 Å². The number of benzene rings is 1. The van der Waals surface area contributed by atoms with E-state index in [1.807, 2.05) is 0 Å². The molecule has 0 aliphatic rings. The van der Waals surface area contributed by atoms with Crippen molar-refractivity contribution in [1.29, 1.82) is 0 Å². The van der Waals surface area contributed by atoms with Gasteiger partial charge in [-0.15, -0.1) is 5.10 Å². The lowest BCUT2D eigenvalue weighted by Gasteiger charge is -2.12. The Morgan fingerprint density at radius 3 is 2.75 bits per heavy atom. The van der Waals surface area contributed by atoms with Gasteiger partial charge in [-0.2, -0.15) is 0 Å². The first-order chi connectivity index (χ1) is 9.28. The number of aromatic nitrogens is 4. The van der Waals surface area contributed by atoms with Crippen molar-refractivity contribution in [2.75, 3.05) is 17.7 Å². The van der Waals surface area contributed by atoms with Gasteiger partial charge in [0, 0.05) is 11.8 Å². The highest BCUT2D eigenvalue weighted by Crippen LogP contribution is 2.23. The lowest BCUT2D eigenvalue weighted by Crippen LogP contribution is -2.18. The number of nitrogen functional groups attached to an aromatic ring is 1. The van der Waals surface area contributed by atoms with Crippen molar-refractivity contribution in [2.24, 2.45) is 0 Å². The quantitative estimate of drug-likeness (QED) is 0.832. The maximum absolute atomic E-state index is 13.2. The fourth-order valence-corrected chi connectivity index (χ4v) is 2.89. The Kier molecular flexibility index (Phi) is 3.71. The molecule has 9 heteroatoms. The van der Waals surface area contributed by atoms with Crippen LogP contribution in [0.2, 0.25) is 0 Å². The standard InChI is InChI=1S/C11H14FN5O2S/c1-7(6-20(2,18)19)17-11(14-15-16-17)8-3-4-9(12)10(13)5-8/h3-5,7H,6,13H2,1-2H3. The zero-order chi connectivity index (χ0) is 14.9. The van der Waals surface area contributed by atoms with Crippen LogP contribution in [0.4, 0.5) is 10.1 Å². The minimum absolute atomic E-state index is 0.0205. The third-order valence-corrected chi connectivity index (χ3v) is 3.80. The molecule has 1 heterocycles. The molecule has 0 saturated carbocycles. The summed E-state index contributed by atoms with van der Waals surface area (Å²) in [5.74, 6) is -0.286. The van der Waals surface area contributed by atoms with Gasteiger partial charge in [0.2, 0.25) is 0 Å². The largest absolute Gasteiger partial charge is 0.396 e. The van der Waals surface area contributed by atoms with E-state index in [1.165, 1.54) is 22.9 Å². The molecule has 108 valence electrons. The Labute approximate surface area is 115 Å². The Morgan fingerprint density at radius 1 is 1.45 bits per heavy atom. The highest BCUT2D eigenvalue weighted by Gasteiger charge is 2.19. The molecular formula is C11H14FN5O2S. The first kappa shape index (κ1) is 14.4. The van der Waals surface area contributed by atoms with Gasteiger partial charge in [-0.05, 0) is 35.5 Å². The Hall–Kier alpha value is -2.03. The van der Waals surface area contributed by atoms with Gasteiger partial charge in [0.15, 0.2) is 5.82 Å². The monoisotopic (exact) mass is 299 g/mol. The minimum atomic E-state index is -3.16. The number of hydrogen-bond acceptors (Lipinski definition) is 6. The molecule has 0 aliphatic heterocycles. The predicted octanol–water partition coefficient (Wildman–Crippen LogP) is 0.667. The number of halogens is 1. The van der Waals surface area contributed by atoms with Crippen LogP contribution in [0, 0.1) is 5.82 Å². The molecule has 0 aliphatic carbocycles. The summed E-state index contributed by atoms with van der Waals surface area (Å²) in [7, 11) is -3.16. The second-order valence-electron chi connectivity index (χ2n) is 4.62. The number of sulfone groups is 1. The normalized spacial score (nSPS) is 13.3. The molecule has 0 amide bonds. The summed E-state index contributed by atoms with van der Waals surface area (Å²) < 4.78 is 37.2. The SMILES string of the molecule is CC(CS(C)(=O)=O)n1nnnc1-c1ccc(F)c(N)c1. The molecule has 20 heavy (non-hydrogen) atoms. The molecule has 2 aromatic rings. The van der Waals surface area contributed by atoms with Crippen LogP contribution in [0.25, 0.3) is 11.4 Å². The maximum Gasteiger partial charge on any atom is 0.182 e. The van der Waals surface area contributed by atoms with Gasteiger partial charge in [-0.1, -0.05) is 0 Å². The average Bonchev–Trinajstić information content (AvgIpc) is 2.79. The topological polar surface area (TPSA) is 104 Å². The zero-order valence-electron chi connectivity index (χ0n) is 11.0. The van der Waals surface area contributed by atoms with Gasteiger partial charge in [-0.3, -0.25) is 0 Å². The van der Waals surface area contributed by atoms with E-state index in [2.05, 4.69) is 15.5 Å². The first-order valence-corrected chi connectivity index (χ1v) is 7.85. The smallest absolute Gasteiger partial charge is 0.182 e. The second kappa shape index (κ2) is 5.16. The number of nitrogens with two attached hydrogens (primary N) is 1. The van der Waals surface area contributed by atoms with Crippen molar-refractivity contribution in [3.05, 3.63) is 24.0 Å². The lowest BCUT2D eigenvalue weighted by molar-refractivity contribution is 0.509. The van der Waals surface area contributed by atoms with E-state index in [1.54, 1.807) is 6.92 Å². The molecule has 1 aromatic heterocycles. The fraction of sp³-hybridized carbons (Fsp3) is 0.364. The summed E-state index contributed by atoms with van der Waals surface area (Å²) in [6.07, 6.45) is 1.14. The van der Waals surface area contributed by atoms with Crippen LogP contribution >= 0.6 is 0 Å². The van der Waals surface area contributed by atoms with E-state index in [0.717, 1.165) is 6.26 Å². The van der Waals surface area contributed by atoms with E-state index < -0.39 is 21.7 Å². The number of nitrogens with zero attached hydrogens (tertiary/aromatic N) is 4. The van der Waals surface area contributed by atoms with Gasteiger partial charge in [0.25, 0.3) is 0 Å². The summed E-state index contributed by atoms with van der Waals surface area (Å²) in [6.45, 7) is 1.69. The number of rotatable bonds is 4. The van der Waals surface area contributed by atoms with Crippen molar-refractivity contribution in [2.45, 2.75) is 13.0 Å². The highest BCUT2D eigenvalue weighted by molar-refractivity contribution is 7.90. The van der Waals surface area contributed by atoms with Crippen molar-refractivity contribution in [3.63, 3.8) is 0 Å². The van der Waals surface area contributed by atoms with Gasteiger partial charge < -0.3 is 5.73 Å². The number of anilines is 1. The fourth-order valence-electron chi connectivity index (χ4n) is 1.87. The molecule has 2 N–H and O–H groups in total. The van der Waals surface area contributed by atoms with Crippen LogP contribution in [0.1, 0.15) is 13.0 Å².